The first-order chi connectivity index (χ1) is 12.6. The lowest BCUT2D eigenvalue weighted by atomic mass is 9.95. The molecule has 1 aliphatic rings. The number of hydrogen-bond acceptors (Lipinski definition) is 5. The highest BCUT2D eigenvalue weighted by Crippen LogP contribution is 2.21. The van der Waals surface area contributed by atoms with E-state index in [0.29, 0.717) is 5.69 Å². The smallest absolute Gasteiger partial charge is 0.368 e. The van der Waals surface area contributed by atoms with E-state index in [2.05, 4.69) is 28.6 Å². The molecule has 0 amide bonds. The second kappa shape index (κ2) is 8.12. The molecule has 0 fully saturated rings. The molecule has 0 atom stereocenters. The Morgan fingerprint density at radius 3 is 2.81 bits per heavy atom. The third kappa shape index (κ3) is 3.76. The Balaban J connectivity index is 1.84. The van der Waals surface area contributed by atoms with E-state index in [1.54, 1.807) is 7.05 Å². The standard InChI is InChI=1S/C19H25N5O2/c1-4-17(15-10-6-5-7-11-15)20-26-13-16-14(2)9-8-12-18(16)24-19(25)23(3)21-22-24/h8-10,12H,4-7,11,13H2,1-3H3. The van der Waals surface area contributed by atoms with E-state index in [0.717, 1.165) is 36.1 Å². The normalized spacial score (nSPS) is 15.0. The molecule has 26 heavy (non-hydrogen) atoms. The fourth-order valence-electron chi connectivity index (χ4n) is 3.16. The van der Waals surface area contributed by atoms with Crippen LogP contribution in [0, 0.1) is 6.92 Å². The molecule has 7 heteroatoms. The highest BCUT2D eigenvalue weighted by molar-refractivity contribution is 5.99. The minimum atomic E-state index is -0.290. The summed E-state index contributed by atoms with van der Waals surface area (Å²) >= 11 is 0. The number of aryl methyl sites for hydroxylation is 2. The summed E-state index contributed by atoms with van der Waals surface area (Å²) in [5, 5.41) is 12.1. The Kier molecular flexibility index (Phi) is 5.65. The Morgan fingerprint density at radius 2 is 2.15 bits per heavy atom. The van der Waals surface area contributed by atoms with Crippen molar-refractivity contribution in [1.29, 1.82) is 0 Å². The van der Waals surface area contributed by atoms with Crippen LogP contribution >= 0.6 is 0 Å². The van der Waals surface area contributed by atoms with E-state index in [1.807, 2.05) is 25.1 Å². The number of aromatic nitrogens is 4. The van der Waals surface area contributed by atoms with Gasteiger partial charge in [0, 0.05) is 12.6 Å². The highest BCUT2D eigenvalue weighted by atomic mass is 16.6. The molecule has 1 aromatic heterocycles. The van der Waals surface area contributed by atoms with Gasteiger partial charge in [0.05, 0.1) is 11.4 Å². The summed E-state index contributed by atoms with van der Waals surface area (Å²) in [5.74, 6) is 0. The van der Waals surface area contributed by atoms with Gasteiger partial charge in [-0.25, -0.2) is 4.79 Å². The van der Waals surface area contributed by atoms with Crippen LogP contribution in [-0.4, -0.2) is 25.5 Å². The zero-order valence-corrected chi connectivity index (χ0v) is 15.6. The number of rotatable bonds is 6. The van der Waals surface area contributed by atoms with Gasteiger partial charge in [0.25, 0.3) is 0 Å². The van der Waals surface area contributed by atoms with Gasteiger partial charge in [0.15, 0.2) is 0 Å². The molecular formula is C19H25N5O2. The number of oxime groups is 1. The SMILES string of the molecule is CCC(=NOCc1c(C)cccc1-n1nnn(C)c1=O)C1=CCCCC1. The molecule has 0 spiro atoms. The quantitative estimate of drug-likeness (QED) is 0.589. The largest absolute Gasteiger partial charge is 0.391 e. The molecular weight excluding hydrogens is 330 g/mol. The molecule has 0 unspecified atom stereocenters. The van der Waals surface area contributed by atoms with Crippen LogP contribution in [0.4, 0.5) is 0 Å². The van der Waals surface area contributed by atoms with Crippen LogP contribution in [0.3, 0.4) is 0 Å². The van der Waals surface area contributed by atoms with E-state index in [1.165, 1.54) is 27.8 Å². The van der Waals surface area contributed by atoms with Crippen molar-refractivity contribution in [1.82, 2.24) is 19.8 Å². The molecule has 138 valence electrons. The average Bonchev–Trinajstić information content (AvgIpc) is 2.99. The Morgan fingerprint density at radius 1 is 1.31 bits per heavy atom. The lowest BCUT2D eigenvalue weighted by Crippen LogP contribution is -2.23. The predicted molar refractivity (Wildman–Crippen MR) is 100 cm³/mol. The Hall–Kier alpha value is -2.70. The molecule has 1 heterocycles. The van der Waals surface area contributed by atoms with Gasteiger partial charge >= 0.3 is 5.69 Å². The Bertz CT molecular complexity index is 892. The summed E-state index contributed by atoms with van der Waals surface area (Å²) in [5.41, 5.74) is 4.60. The second-order valence-corrected chi connectivity index (χ2v) is 6.51. The van der Waals surface area contributed by atoms with Crippen molar-refractivity contribution in [2.75, 3.05) is 0 Å². The van der Waals surface area contributed by atoms with E-state index in [-0.39, 0.29) is 12.3 Å². The maximum absolute atomic E-state index is 12.2. The van der Waals surface area contributed by atoms with Crippen LogP contribution in [0.1, 0.15) is 50.2 Å². The maximum atomic E-state index is 12.2. The molecule has 2 aromatic rings. The summed E-state index contributed by atoms with van der Waals surface area (Å²) in [6.45, 7) is 4.36. The molecule has 0 bridgehead atoms. The van der Waals surface area contributed by atoms with Gasteiger partial charge in [-0.15, -0.1) is 0 Å². The summed E-state index contributed by atoms with van der Waals surface area (Å²) in [6.07, 6.45) is 7.76. The highest BCUT2D eigenvalue weighted by Gasteiger charge is 2.14. The average molecular weight is 355 g/mol. The molecule has 0 saturated heterocycles. The fourth-order valence-corrected chi connectivity index (χ4v) is 3.16. The van der Waals surface area contributed by atoms with Gasteiger partial charge in [0.1, 0.15) is 6.61 Å². The van der Waals surface area contributed by atoms with Crippen molar-refractivity contribution >= 4 is 5.71 Å². The number of nitrogens with zero attached hydrogens (tertiary/aromatic N) is 5. The van der Waals surface area contributed by atoms with Crippen molar-refractivity contribution in [3.63, 3.8) is 0 Å². The van der Waals surface area contributed by atoms with E-state index < -0.39 is 0 Å². The molecule has 1 aliphatic carbocycles. The second-order valence-electron chi connectivity index (χ2n) is 6.51. The number of tetrazole rings is 1. The van der Waals surface area contributed by atoms with E-state index in [4.69, 9.17) is 4.84 Å². The molecule has 3 rings (SSSR count). The monoisotopic (exact) mass is 355 g/mol. The first-order valence-corrected chi connectivity index (χ1v) is 9.08. The topological polar surface area (TPSA) is 74.3 Å². The van der Waals surface area contributed by atoms with Crippen molar-refractivity contribution in [3.05, 3.63) is 51.5 Å². The van der Waals surface area contributed by atoms with Gasteiger partial charge in [-0.05, 0) is 66.7 Å². The summed E-state index contributed by atoms with van der Waals surface area (Å²) < 4.78 is 2.50. The lowest BCUT2D eigenvalue weighted by Gasteiger charge is -2.14. The predicted octanol–water partition coefficient (Wildman–Crippen LogP) is 3.06. The zero-order chi connectivity index (χ0) is 18.5. The zero-order valence-electron chi connectivity index (χ0n) is 15.6. The van der Waals surface area contributed by atoms with Gasteiger partial charge < -0.3 is 4.84 Å². The van der Waals surface area contributed by atoms with Gasteiger partial charge in [-0.1, -0.05) is 30.3 Å². The third-order valence-corrected chi connectivity index (χ3v) is 4.72. The van der Waals surface area contributed by atoms with Gasteiger partial charge in [-0.3, -0.25) is 0 Å². The van der Waals surface area contributed by atoms with Crippen molar-refractivity contribution < 1.29 is 4.84 Å². The first kappa shape index (κ1) is 18.1. The van der Waals surface area contributed by atoms with E-state index in [9.17, 15) is 4.79 Å². The third-order valence-electron chi connectivity index (χ3n) is 4.72. The molecule has 0 N–H and O–H groups in total. The van der Waals surface area contributed by atoms with Crippen LogP contribution < -0.4 is 5.69 Å². The molecule has 0 aliphatic heterocycles. The lowest BCUT2D eigenvalue weighted by molar-refractivity contribution is 0.129. The minimum Gasteiger partial charge on any atom is -0.391 e. The first-order valence-electron chi connectivity index (χ1n) is 9.08. The van der Waals surface area contributed by atoms with Crippen molar-refractivity contribution in [2.24, 2.45) is 12.2 Å². The fraction of sp³-hybridized carbons (Fsp3) is 0.474. The van der Waals surface area contributed by atoms with Crippen molar-refractivity contribution in [3.8, 4) is 5.69 Å². The number of hydrogen-bond donors (Lipinski definition) is 0. The van der Waals surface area contributed by atoms with Crippen LogP contribution in [0.5, 0.6) is 0 Å². The molecule has 0 radical (unpaired) electrons. The molecule has 1 aromatic carbocycles. The summed E-state index contributed by atoms with van der Waals surface area (Å²) in [6, 6.07) is 5.72. The van der Waals surface area contributed by atoms with Gasteiger partial charge in [-0.2, -0.15) is 9.36 Å². The molecule has 7 nitrogen and oxygen atoms in total. The summed E-state index contributed by atoms with van der Waals surface area (Å²) in [4.78, 5) is 17.9. The maximum Gasteiger partial charge on any atom is 0.368 e. The number of allylic oxidation sites excluding steroid dienone is 2. The van der Waals surface area contributed by atoms with Crippen LogP contribution in [0.25, 0.3) is 5.69 Å². The van der Waals surface area contributed by atoms with Crippen LogP contribution in [-0.2, 0) is 18.5 Å². The van der Waals surface area contributed by atoms with E-state index >= 15 is 0 Å². The van der Waals surface area contributed by atoms with Crippen LogP contribution in [0.15, 0.2) is 39.8 Å². The van der Waals surface area contributed by atoms with Crippen molar-refractivity contribution in [2.45, 2.75) is 52.6 Å². The Labute approximate surface area is 152 Å². The molecule has 0 saturated carbocycles. The minimum absolute atomic E-state index is 0.280. The van der Waals surface area contributed by atoms with Crippen LogP contribution in [0.2, 0.25) is 0 Å². The summed E-state index contributed by atoms with van der Waals surface area (Å²) in [7, 11) is 1.58. The number of benzene rings is 1. The van der Waals surface area contributed by atoms with Gasteiger partial charge in [0.2, 0.25) is 0 Å².